The molecule has 23 heavy (non-hydrogen) atoms. The van der Waals surface area contributed by atoms with Crippen LogP contribution < -0.4 is 4.67 Å². The molecule has 0 aliphatic carbocycles. The molecule has 2 aromatic carbocycles. The van der Waals surface area contributed by atoms with Crippen molar-refractivity contribution in [3.63, 3.8) is 0 Å². The van der Waals surface area contributed by atoms with Crippen LogP contribution in [0.25, 0.3) is 0 Å². The molecular weight excluding hydrogens is 300 g/mol. The lowest BCUT2D eigenvalue weighted by atomic mass is 10.0. The molecule has 0 spiro atoms. The summed E-state index contributed by atoms with van der Waals surface area (Å²) in [4.78, 5) is 12.4. The summed E-state index contributed by atoms with van der Waals surface area (Å²) in [5, 5.41) is 4.82. The highest BCUT2D eigenvalue weighted by Gasteiger charge is 2.14. The van der Waals surface area contributed by atoms with Gasteiger partial charge in [-0.05, 0) is 18.6 Å². The smallest absolute Gasteiger partial charge is 0.168 e. The van der Waals surface area contributed by atoms with E-state index in [0.29, 0.717) is 6.42 Å². The van der Waals surface area contributed by atoms with Crippen LogP contribution in [0.4, 0.5) is 5.69 Å². The molecule has 0 saturated carbocycles. The Hall–Kier alpha value is -2.20. The van der Waals surface area contributed by atoms with Gasteiger partial charge < -0.3 is 0 Å². The van der Waals surface area contributed by atoms with Crippen molar-refractivity contribution in [2.75, 3.05) is 4.67 Å². The number of Topliss-reactive ketones (excluding diaryl/α,β-unsaturated/α-hetero) is 1. The van der Waals surface area contributed by atoms with E-state index in [-0.39, 0.29) is 5.78 Å². The van der Waals surface area contributed by atoms with E-state index in [0.717, 1.165) is 23.4 Å². The molecule has 0 fully saturated rings. The first-order valence-electron chi connectivity index (χ1n) is 8.10. The van der Waals surface area contributed by atoms with Crippen molar-refractivity contribution >= 4 is 26.1 Å². The van der Waals surface area contributed by atoms with Gasteiger partial charge in [0.15, 0.2) is 14.7 Å². The van der Waals surface area contributed by atoms with E-state index < -0.39 is 8.96 Å². The SMILES string of the molecule is CCC(CC(=O)c1ccccc1)=NN(c1ccccc1)[SiH](C)C. The number of benzene rings is 2. The Morgan fingerprint density at radius 1 is 1.00 bits per heavy atom. The van der Waals surface area contributed by atoms with Crippen LogP contribution in [0.1, 0.15) is 30.1 Å². The minimum absolute atomic E-state index is 0.129. The van der Waals surface area contributed by atoms with Crippen molar-refractivity contribution < 1.29 is 4.79 Å². The van der Waals surface area contributed by atoms with Gasteiger partial charge >= 0.3 is 0 Å². The zero-order valence-corrected chi connectivity index (χ0v) is 15.2. The third-order valence-corrected chi connectivity index (χ3v) is 5.02. The van der Waals surface area contributed by atoms with Gasteiger partial charge in [0.25, 0.3) is 0 Å². The molecule has 2 rings (SSSR count). The second-order valence-corrected chi connectivity index (χ2v) is 8.44. The summed E-state index contributed by atoms with van der Waals surface area (Å²) in [6.45, 7) is 6.54. The van der Waals surface area contributed by atoms with Gasteiger partial charge in [0, 0.05) is 17.0 Å². The third-order valence-electron chi connectivity index (χ3n) is 3.63. The average molecular weight is 325 g/mol. The van der Waals surface area contributed by atoms with E-state index in [1.54, 1.807) is 0 Å². The van der Waals surface area contributed by atoms with Crippen LogP contribution in [0.5, 0.6) is 0 Å². The van der Waals surface area contributed by atoms with E-state index in [1.165, 1.54) is 0 Å². The second-order valence-electron chi connectivity index (χ2n) is 5.76. The maximum Gasteiger partial charge on any atom is 0.168 e. The highest BCUT2D eigenvalue weighted by atomic mass is 28.3. The fourth-order valence-electron chi connectivity index (χ4n) is 2.35. The van der Waals surface area contributed by atoms with Gasteiger partial charge in [-0.1, -0.05) is 68.5 Å². The van der Waals surface area contributed by atoms with E-state index in [4.69, 9.17) is 5.10 Å². The topological polar surface area (TPSA) is 32.7 Å². The number of hydrogen-bond acceptors (Lipinski definition) is 3. The highest BCUT2D eigenvalue weighted by Crippen LogP contribution is 2.17. The molecule has 0 bridgehead atoms. The Balaban J connectivity index is 2.20. The minimum atomic E-state index is -1.17. The molecule has 120 valence electrons. The third kappa shape index (κ3) is 4.89. The Morgan fingerprint density at radius 3 is 2.09 bits per heavy atom. The molecule has 0 atom stereocenters. The lowest BCUT2D eigenvalue weighted by molar-refractivity contribution is 0.1000. The molecule has 0 aliphatic rings. The summed E-state index contributed by atoms with van der Waals surface area (Å²) in [5.41, 5.74) is 2.79. The van der Waals surface area contributed by atoms with Crippen molar-refractivity contribution in [3.05, 3.63) is 66.2 Å². The Labute approximate surface area is 140 Å². The summed E-state index contributed by atoms with van der Waals surface area (Å²) in [7, 11) is -1.17. The predicted octanol–water partition coefficient (Wildman–Crippen LogP) is 4.52. The van der Waals surface area contributed by atoms with Crippen LogP contribution in [-0.4, -0.2) is 20.5 Å². The molecule has 4 heteroatoms. The van der Waals surface area contributed by atoms with Crippen molar-refractivity contribution in [1.82, 2.24) is 0 Å². The molecule has 3 nitrogen and oxygen atoms in total. The van der Waals surface area contributed by atoms with E-state index in [2.05, 4.69) is 36.8 Å². The van der Waals surface area contributed by atoms with Gasteiger partial charge in [-0.25, -0.2) is 0 Å². The molecule has 0 unspecified atom stereocenters. The number of rotatable bonds is 7. The predicted molar refractivity (Wildman–Crippen MR) is 101 cm³/mol. The maximum atomic E-state index is 12.4. The first-order valence-corrected chi connectivity index (χ1v) is 10.9. The number of carbonyl (C=O) groups is 1. The molecule has 0 amide bonds. The highest BCUT2D eigenvalue weighted by molar-refractivity contribution is 6.60. The number of anilines is 1. The summed E-state index contributed by atoms with van der Waals surface area (Å²) in [5.74, 6) is 0.129. The summed E-state index contributed by atoms with van der Waals surface area (Å²) in [6.07, 6.45) is 1.16. The number of nitrogens with zero attached hydrogens (tertiary/aromatic N) is 2. The summed E-state index contributed by atoms with van der Waals surface area (Å²) < 4.78 is 2.12. The maximum absolute atomic E-state index is 12.4. The number of para-hydroxylation sites is 1. The number of carbonyl (C=O) groups excluding carboxylic acids is 1. The molecule has 0 N–H and O–H groups in total. The van der Waals surface area contributed by atoms with Crippen LogP contribution in [0.15, 0.2) is 65.8 Å². The fourth-order valence-corrected chi connectivity index (χ4v) is 3.51. The summed E-state index contributed by atoms with van der Waals surface area (Å²) >= 11 is 0. The van der Waals surface area contributed by atoms with Gasteiger partial charge in [-0.15, -0.1) is 0 Å². The van der Waals surface area contributed by atoms with E-state index in [9.17, 15) is 4.79 Å². The lowest BCUT2D eigenvalue weighted by Crippen LogP contribution is -2.31. The normalized spacial score (nSPS) is 11.6. The zero-order valence-electron chi connectivity index (χ0n) is 14.1. The second kappa shape index (κ2) is 8.43. The molecule has 0 aromatic heterocycles. The van der Waals surface area contributed by atoms with Gasteiger partial charge in [-0.2, -0.15) is 5.10 Å². The number of hydrazone groups is 1. The standard InChI is InChI=1S/C19H24N2OSi/c1-4-17(15-19(22)16-11-7-5-8-12-16)20-21(23(2)3)18-13-9-6-10-14-18/h5-14,23H,4,15H2,1-3H3. The number of ketones is 1. The van der Waals surface area contributed by atoms with E-state index in [1.807, 2.05) is 48.5 Å². The first kappa shape index (κ1) is 17.2. The summed E-state index contributed by atoms with van der Waals surface area (Å²) in [6, 6.07) is 19.6. The Morgan fingerprint density at radius 2 is 1.57 bits per heavy atom. The van der Waals surface area contributed by atoms with Crippen LogP contribution in [0, 0.1) is 0 Å². The van der Waals surface area contributed by atoms with Crippen LogP contribution in [0.3, 0.4) is 0 Å². The fraction of sp³-hybridized carbons (Fsp3) is 0.263. The average Bonchev–Trinajstić information content (AvgIpc) is 2.59. The molecular formula is C19H24N2OSi. The lowest BCUT2D eigenvalue weighted by Gasteiger charge is -2.24. The minimum Gasteiger partial charge on any atom is -0.299 e. The van der Waals surface area contributed by atoms with E-state index >= 15 is 0 Å². The van der Waals surface area contributed by atoms with Crippen molar-refractivity contribution in [1.29, 1.82) is 0 Å². The molecule has 2 aromatic rings. The molecule has 0 aliphatic heterocycles. The Bertz CT molecular complexity index is 654. The molecule has 0 radical (unpaired) electrons. The zero-order chi connectivity index (χ0) is 16.7. The van der Waals surface area contributed by atoms with Gasteiger partial charge in [0.2, 0.25) is 0 Å². The monoisotopic (exact) mass is 324 g/mol. The Kier molecular flexibility index (Phi) is 6.29. The van der Waals surface area contributed by atoms with Crippen molar-refractivity contribution in [2.24, 2.45) is 5.10 Å². The van der Waals surface area contributed by atoms with Crippen LogP contribution in [0.2, 0.25) is 13.1 Å². The molecule has 0 saturated heterocycles. The van der Waals surface area contributed by atoms with Crippen LogP contribution >= 0.6 is 0 Å². The van der Waals surface area contributed by atoms with Gasteiger partial charge in [0.05, 0.1) is 6.42 Å². The van der Waals surface area contributed by atoms with Crippen molar-refractivity contribution in [3.8, 4) is 0 Å². The van der Waals surface area contributed by atoms with Crippen LogP contribution in [-0.2, 0) is 0 Å². The largest absolute Gasteiger partial charge is 0.299 e. The number of hydrogen-bond donors (Lipinski definition) is 0. The molecule has 0 heterocycles. The van der Waals surface area contributed by atoms with Gasteiger partial charge in [-0.3, -0.25) is 9.47 Å². The van der Waals surface area contributed by atoms with Crippen molar-refractivity contribution in [2.45, 2.75) is 32.9 Å². The quantitative estimate of drug-likeness (QED) is 0.325. The van der Waals surface area contributed by atoms with Gasteiger partial charge in [0.1, 0.15) is 0 Å². The first-order chi connectivity index (χ1) is 11.1.